The molecular formula is C13H12ClIN2O. The second-order valence-electron chi connectivity index (χ2n) is 3.85. The van der Waals surface area contributed by atoms with Gasteiger partial charge in [0.2, 0.25) is 0 Å². The van der Waals surface area contributed by atoms with Crippen molar-refractivity contribution in [2.24, 2.45) is 0 Å². The van der Waals surface area contributed by atoms with Gasteiger partial charge in [-0.2, -0.15) is 0 Å². The lowest BCUT2D eigenvalue weighted by atomic mass is 10.1. The third kappa shape index (κ3) is 3.11. The standard InChI is InChI=1S/C13H12ClIN2O/c1-8-12(15)13(14)17-11(16-8)7-9-3-5-10(18-2)6-4-9/h3-6H,7H2,1-2H3. The Bertz CT molecular complexity index is 534. The number of aryl methyl sites for hydroxylation is 1. The van der Waals surface area contributed by atoms with Crippen molar-refractivity contribution in [1.82, 2.24) is 9.97 Å². The molecule has 0 amide bonds. The van der Waals surface area contributed by atoms with Crippen molar-refractivity contribution in [2.75, 3.05) is 7.11 Å². The van der Waals surface area contributed by atoms with E-state index in [-0.39, 0.29) is 0 Å². The molecule has 2 aromatic rings. The Morgan fingerprint density at radius 1 is 1.22 bits per heavy atom. The number of nitrogens with zero attached hydrogens (tertiary/aromatic N) is 2. The third-order valence-corrected chi connectivity index (χ3v) is 4.43. The van der Waals surface area contributed by atoms with Crippen LogP contribution in [0.5, 0.6) is 5.75 Å². The molecule has 0 bridgehead atoms. The summed E-state index contributed by atoms with van der Waals surface area (Å²) in [5.74, 6) is 1.58. The zero-order chi connectivity index (χ0) is 13.1. The molecule has 3 nitrogen and oxygen atoms in total. The Morgan fingerprint density at radius 3 is 2.44 bits per heavy atom. The van der Waals surface area contributed by atoms with Gasteiger partial charge in [0, 0.05) is 6.42 Å². The van der Waals surface area contributed by atoms with Crippen molar-refractivity contribution in [3.05, 3.63) is 50.1 Å². The van der Waals surface area contributed by atoms with Crippen LogP contribution in [0.3, 0.4) is 0 Å². The number of hydrogen-bond donors (Lipinski definition) is 0. The minimum atomic E-state index is 0.520. The molecule has 0 saturated heterocycles. The van der Waals surface area contributed by atoms with E-state index >= 15 is 0 Å². The average Bonchev–Trinajstić information content (AvgIpc) is 2.37. The Morgan fingerprint density at radius 2 is 1.89 bits per heavy atom. The quantitative estimate of drug-likeness (QED) is 0.608. The highest BCUT2D eigenvalue weighted by molar-refractivity contribution is 14.1. The van der Waals surface area contributed by atoms with Gasteiger partial charge in [0.1, 0.15) is 16.7 Å². The summed E-state index contributed by atoms with van der Waals surface area (Å²) < 4.78 is 6.03. The monoisotopic (exact) mass is 374 g/mol. The molecule has 2 rings (SSSR count). The Kier molecular flexibility index (Phi) is 4.40. The topological polar surface area (TPSA) is 35.0 Å². The lowest BCUT2D eigenvalue weighted by Crippen LogP contribution is -2.01. The Balaban J connectivity index is 2.23. The van der Waals surface area contributed by atoms with Crippen LogP contribution >= 0.6 is 34.2 Å². The van der Waals surface area contributed by atoms with Gasteiger partial charge in [-0.3, -0.25) is 0 Å². The summed E-state index contributed by atoms with van der Waals surface area (Å²) in [6.45, 7) is 1.94. The predicted molar refractivity (Wildman–Crippen MR) is 80.3 cm³/mol. The SMILES string of the molecule is COc1ccc(Cc2nc(C)c(I)c(Cl)n2)cc1. The van der Waals surface area contributed by atoms with Gasteiger partial charge in [0.15, 0.2) is 0 Å². The largest absolute Gasteiger partial charge is 0.497 e. The molecule has 0 unspecified atom stereocenters. The van der Waals surface area contributed by atoms with E-state index in [1.54, 1.807) is 7.11 Å². The van der Waals surface area contributed by atoms with Crippen LogP contribution in [-0.4, -0.2) is 17.1 Å². The number of ether oxygens (including phenoxy) is 1. The van der Waals surface area contributed by atoms with Crippen LogP contribution in [0, 0.1) is 10.5 Å². The maximum Gasteiger partial charge on any atom is 0.146 e. The predicted octanol–water partition coefficient (Wildman–Crippen LogP) is 3.64. The van der Waals surface area contributed by atoms with E-state index in [2.05, 4.69) is 32.6 Å². The summed E-state index contributed by atoms with van der Waals surface area (Å²) >= 11 is 8.21. The highest BCUT2D eigenvalue weighted by Crippen LogP contribution is 2.20. The maximum absolute atomic E-state index is 6.05. The minimum Gasteiger partial charge on any atom is -0.497 e. The van der Waals surface area contributed by atoms with E-state index in [4.69, 9.17) is 16.3 Å². The summed E-state index contributed by atoms with van der Waals surface area (Å²) in [4.78, 5) is 8.72. The molecule has 0 spiro atoms. The van der Waals surface area contributed by atoms with Crippen molar-refractivity contribution in [2.45, 2.75) is 13.3 Å². The molecule has 0 fully saturated rings. The minimum absolute atomic E-state index is 0.520. The van der Waals surface area contributed by atoms with E-state index in [1.165, 1.54) is 0 Å². The van der Waals surface area contributed by atoms with Crippen LogP contribution in [-0.2, 0) is 6.42 Å². The first-order chi connectivity index (χ1) is 8.60. The molecule has 5 heteroatoms. The van der Waals surface area contributed by atoms with E-state index in [0.29, 0.717) is 11.6 Å². The smallest absolute Gasteiger partial charge is 0.146 e. The number of aromatic nitrogens is 2. The Hall–Kier alpha value is -0.880. The maximum atomic E-state index is 6.05. The summed E-state index contributed by atoms with van der Waals surface area (Å²) in [6.07, 6.45) is 0.668. The fourth-order valence-electron chi connectivity index (χ4n) is 1.58. The van der Waals surface area contributed by atoms with E-state index in [9.17, 15) is 0 Å². The molecule has 1 aromatic carbocycles. The molecule has 0 N–H and O–H groups in total. The first-order valence-corrected chi connectivity index (χ1v) is 6.87. The summed E-state index contributed by atoms with van der Waals surface area (Å²) in [5, 5.41) is 0.520. The zero-order valence-electron chi connectivity index (χ0n) is 10.1. The molecule has 94 valence electrons. The fourth-order valence-corrected chi connectivity index (χ4v) is 2.06. The number of halogens is 2. The lowest BCUT2D eigenvalue weighted by Gasteiger charge is -2.06. The fraction of sp³-hybridized carbons (Fsp3) is 0.231. The van der Waals surface area contributed by atoms with Gasteiger partial charge in [0.25, 0.3) is 0 Å². The van der Waals surface area contributed by atoms with Gasteiger partial charge in [-0.15, -0.1) is 0 Å². The Labute approximate surface area is 125 Å². The summed E-state index contributed by atoms with van der Waals surface area (Å²) in [7, 11) is 1.65. The van der Waals surface area contributed by atoms with Gasteiger partial charge >= 0.3 is 0 Å². The van der Waals surface area contributed by atoms with Crippen molar-refractivity contribution in [1.29, 1.82) is 0 Å². The van der Waals surface area contributed by atoms with Crippen LogP contribution in [0.25, 0.3) is 0 Å². The van der Waals surface area contributed by atoms with E-state index in [1.807, 2.05) is 31.2 Å². The molecule has 0 saturated carbocycles. The summed E-state index contributed by atoms with van der Waals surface area (Å²) in [6, 6.07) is 7.86. The van der Waals surface area contributed by atoms with Crippen LogP contribution in [0.4, 0.5) is 0 Å². The van der Waals surface area contributed by atoms with Crippen LogP contribution in [0.1, 0.15) is 17.1 Å². The molecule has 0 aliphatic rings. The zero-order valence-corrected chi connectivity index (χ0v) is 13.0. The highest BCUT2D eigenvalue weighted by Gasteiger charge is 2.07. The second kappa shape index (κ2) is 5.84. The first kappa shape index (κ1) is 13.5. The van der Waals surface area contributed by atoms with Crippen LogP contribution in [0.2, 0.25) is 5.15 Å². The number of rotatable bonds is 3. The average molecular weight is 375 g/mol. The lowest BCUT2D eigenvalue weighted by molar-refractivity contribution is 0.414. The van der Waals surface area contributed by atoms with E-state index in [0.717, 1.165) is 26.4 Å². The molecule has 0 aliphatic carbocycles. The van der Waals surface area contributed by atoms with Crippen molar-refractivity contribution in [3.8, 4) is 5.75 Å². The van der Waals surface area contributed by atoms with E-state index < -0.39 is 0 Å². The number of hydrogen-bond acceptors (Lipinski definition) is 3. The molecular weight excluding hydrogens is 363 g/mol. The molecule has 18 heavy (non-hydrogen) atoms. The highest BCUT2D eigenvalue weighted by atomic mass is 127. The third-order valence-electron chi connectivity index (χ3n) is 2.54. The van der Waals surface area contributed by atoms with Crippen LogP contribution in [0.15, 0.2) is 24.3 Å². The normalized spacial score (nSPS) is 10.4. The van der Waals surface area contributed by atoms with Crippen molar-refractivity contribution in [3.63, 3.8) is 0 Å². The van der Waals surface area contributed by atoms with Crippen molar-refractivity contribution >= 4 is 34.2 Å². The second-order valence-corrected chi connectivity index (χ2v) is 5.29. The number of benzene rings is 1. The molecule has 1 heterocycles. The van der Waals surface area contributed by atoms with Gasteiger partial charge in [-0.1, -0.05) is 23.7 Å². The van der Waals surface area contributed by atoms with Crippen molar-refractivity contribution < 1.29 is 4.74 Å². The van der Waals surface area contributed by atoms with Gasteiger partial charge in [-0.25, -0.2) is 9.97 Å². The summed E-state index contributed by atoms with van der Waals surface area (Å²) in [5.41, 5.74) is 2.05. The molecule has 0 atom stereocenters. The molecule has 0 radical (unpaired) electrons. The van der Waals surface area contributed by atoms with Gasteiger partial charge in [-0.05, 0) is 47.2 Å². The van der Waals surface area contributed by atoms with Gasteiger partial charge in [0.05, 0.1) is 16.4 Å². The molecule has 1 aromatic heterocycles. The van der Waals surface area contributed by atoms with Gasteiger partial charge < -0.3 is 4.74 Å². The molecule has 0 aliphatic heterocycles. The first-order valence-electron chi connectivity index (χ1n) is 5.41. The van der Waals surface area contributed by atoms with Crippen LogP contribution < -0.4 is 4.74 Å². The number of methoxy groups -OCH3 is 1.